The third kappa shape index (κ3) is 10.8. The van der Waals surface area contributed by atoms with Gasteiger partial charge in [0.25, 0.3) is 0 Å². The molecule has 50 heavy (non-hydrogen) atoms. The lowest BCUT2D eigenvalue weighted by atomic mass is 9.47. The van der Waals surface area contributed by atoms with Gasteiger partial charge >= 0.3 is 5.97 Å². The zero-order valence-electron chi connectivity index (χ0n) is 33.2. The Morgan fingerprint density at radius 3 is 2.44 bits per heavy atom. The first-order valence-corrected chi connectivity index (χ1v) is 21.4. The van der Waals surface area contributed by atoms with E-state index in [-0.39, 0.29) is 17.0 Å². The Hall–Kier alpha value is -1.91. The summed E-state index contributed by atoms with van der Waals surface area (Å²) >= 11 is 0. The maximum absolute atomic E-state index is 12.8. The molecule has 4 aliphatic rings. The molecule has 0 aromatic carbocycles. The number of unbranched alkanes of at least 4 members (excludes halogenated alkanes) is 8. The van der Waals surface area contributed by atoms with E-state index in [0.717, 1.165) is 113 Å². The minimum atomic E-state index is -0.236. The summed E-state index contributed by atoms with van der Waals surface area (Å²) in [5.41, 5.74) is 2.75. The van der Waals surface area contributed by atoms with Gasteiger partial charge in [-0.25, -0.2) is 0 Å². The van der Waals surface area contributed by atoms with Gasteiger partial charge in [0.1, 0.15) is 6.10 Å². The van der Waals surface area contributed by atoms with E-state index in [1.54, 1.807) is 11.6 Å². The summed E-state index contributed by atoms with van der Waals surface area (Å²) in [5.74, 6) is 5.11. The van der Waals surface area contributed by atoms with E-state index in [4.69, 9.17) is 4.74 Å². The minimum absolute atomic E-state index is 0.00638. The van der Waals surface area contributed by atoms with Crippen molar-refractivity contribution in [3.05, 3.63) is 45.7 Å². The van der Waals surface area contributed by atoms with Gasteiger partial charge in [0.2, 0.25) is 5.70 Å². The molecule has 5 nitrogen and oxygen atoms in total. The van der Waals surface area contributed by atoms with Crippen LogP contribution >= 0.6 is 0 Å². The second-order valence-corrected chi connectivity index (χ2v) is 18.1. The first-order valence-electron chi connectivity index (χ1n) is 21.4. The molecular weight excluding hydrogens is 618 g/mol. The maximum Gasteiger partial charge on any atom is 0.306 e. The molecule has 0 bridgehead atoms. The number of nitro groups is 1. The van der Waals surface area contributed by atoms with Crippen molar-refractivity contribution in [2.75, 3.05) is 0 Å². The average Bonchev–Trinajstić information content (AvgIpc) is 3.43. The summed E-state index contributed by atoms with van der Waals surface area (Å²) in [6, 6.07) is 0. The molecule has 5 heteroatoms. The number of hydrogen-bond acceptors (Lipinski definition) is 4. The fraction of sp³-hybridized carbons (Fsp3) is 0.844. The van der Waals surface area contributed by atoms with E-state index in [0.29, 0.717) is 29.4 Å². The molecule has 0 heterocycles. The van der Waals surface area contributed by atoms with Crippen LogP contribution in [-0.4, -0.2) is 17.0 Å². The Kier molecular flexibility index (Phi) is 16.2. The lowest BCUT2D eigenvalue weighted by Gasteiger charge is -2.58. The zero-order valence-corrected chi connectivity index (χ0v) is 33.2. The van der Waals surface area contributed by atoms with E-state index in [1.807, 2.05) is 6.08 Å². The van der Waals surface area contributed by atoms with Crippen molar-refractivity contribution in [1.29, 1.82) is 0 Å². The third-order valence-corrected chi connectivity index (χ3v) is 14.2. The highest BCUT2D eigenvalue weighted by Gasteiger charge is 2.59. The molecular formula is C45H75NO4. The summed E-state index contributed by atoms with van der Waals surface area (Å²) in [6.45, 7) is 14.7. The van der Waals surface area contributed by atoms with Gasteiger partial charge in [-0.3, -0.25) is 14.9 Å². The highest BCUT2D eigenvalue weighted by Crippen LogP contribution is 2.67. The number of esters is 1. The second kappa shape index (κ2) is 19.8. The van der Waals surface area contributed by atoms with Gasteiger partial charge in [-0.2, -0.15) is 0 Å². The van der Waals surface area contributed by atoms with Crippen LogP contribution < -0.4 is 0 Å². The van der Waals surface area contributed by atoms with Crippen LogP contribution in [0.4, 0.5) is 0 Å². The molecule has 0 radical (unpaired) electrons. The van der Waals surface area contributed by atoms with E-state index < -0.39 is 0 Å². The molecule has 0 amide bonds. The van der Waals surface area contributed by atoms with E-state index in [2.05, 4.69) is 53.7 Å². The van der Waals surface area contributed by atoms with Crippen molar-refractivity contribution >= 4 is 5.97 Å². The first-order chi connectivity index (χ1) is 24.0. The Labute approximate surface area is 307 Å². The fourth-order valence-electron chi connectivity index (χ4n) is 11.3. The zero-order chi connectivity index (χ0) is 36.1. The SMILES string of the molecule is CCCCC/C=C(\C/C=C\CCCCCCCC(=O)OC1CC[C@@]2(C)C(=CCC3C4CCC([C@H](C)CCCC(C)C)[C@@]4(C)CCC32)C1)[N+](=O)[O-]. The van der Waals surface area contributed by atoms with Crippen LogP contribution in [0.5, 0.6) is 0 Å². The predicted molar refractivity (Wildman–Crippen MR) is 208 cm³/mol. The highest BCUT2D eigenvalue weighted by molar-refractivity contribution is 5.69. The molecule has 0 aliphatic heterocycles. The van der Waals surface area contributed by atoms with Crippen LogP contribution in [0.3, 0.4) is 0 Å². The average molecular weight is 694 g/mol. The summed E-state index contributed by atoms with van der Waals surface area (Å²) in [7, 11) is 0. The van der Waals surface area contributed by atoms with Crippen LogP contribution in [0.2, 0.25) is 0 Å². The number of carbonyl (C=O) groups excluding carboxylic acids is 1. The summed E-state index contributed by atoms with van der Waals surface area (Å²) in [4.78, 5) is 23.9. The summed E-state index contributed by atoms with van der Waals surface area (Å²) in [5, 5.41) is 11.3. The Morgan fingerprint density at radius 2 is 1.68 bits per heavy atom. The number of allylic oxidation sites excluding steroid dienone is 4. The van der Waals surface area contributed by atoms with E-state index in [1.165, 1.54) is 57.8 Å². The summed E-state index contributed by atoms with van der Waals surface area (Å²) in [6.07, 6.45) is 34.0. The van der Waals surface area contributed by atoms with Gasteiger partial charge in [-0.1, -0.05) is 117 Å². The number of fused-ring (bicyclic) bond motifs is 5. The number of carbonyl (C=O) groups is 1. The lowest BCUT2D eigenvalue weighted by Crippen LogP contribution is -2.51. The molecule has 0 N–H and O–H groups in total. The van der Waals surface area contributed by atoms with Gasteiger partial charge in [0.05, 0.1) is 11.3 Å². The van der Waals surface area contributed by atoms with E-state index >= 15 is 0 Å². The van der Waals surface area contributed by atoms with Crippen LogP contribution in [0.15, 0.2) is 35.6 Å². The first kappa shape index (κ1) is 40.9. The van der Waals surface area contributed by atoms with Crippen molar-refractivity contribution < 1.29 is 14.5 Å². The smallest absolute Gasteiger partial charge is 0.306 e. The maximum atomic E-state index is 12.8. The van der Waals surface area contributed by atoms with Crippen molar-refractivity contribution in [3.8, 4) is 0 Å². The highest BCUT2D eigenvalue weighted by atomic mass is 16.6. The van der Waals surface area contributed by atoms with Crippen LogP contribution in [-0.2, 0) is 9.53 Å². The number of hydrogen-bond donors (Lipinski definition) is 0. The Bertz CT molecular complexity index is 1170. The normalized spacial score (nSPS) is 31.6. The molecule has 0 aromatic heterocycles. The van der Waals surface area contributed by atoms with Gasteiger partial charge in [-0.15, -0.1) is 0 Å². The molecule has 0 spiro atoms. The molecule has 4 aliphatic carbocycles. The van der Waals surface area contributed by atoms with Crippen LogP contribution in [0.1, 0.15) is 189 Å². The molecule has 3 fully saturated rings. The molecule has 3 saturated carbocycles. The van der Waals surface area contributed by atoms with E-state index in [9.17, 15) is 14.9 Å². The summed E-state index contributed by atoms with van der Waals surface area (Å²) < 4.78 is 6.10. The van der Waals surface area contributed by atoms with Gasteiger partial charge in [0.15, 0.2) is 0 Å². The van der Waals surface area contributed by atoms with Gasteiger partial charge < -0.3 is 4.74 Å². The number of ether oxygens (including phenoxy) is 1. The minimum Gasteiger partial charge on any atom is -0.462 e. The predicted octanol–water partition coefficient (Wildman–Crippen LogP) is 13.4. The standard InChI is InChI=1S/C45H75NO4/c1-7-8-9-16-22-37(46(48)49)23-17-14-12-10-11-13-15-18-24-43(47)50-38-29-31-44(5)36(33-38)25-26-39-41-28-27-40(35(4)21-19-20-34(2)3)45(41,6)32-30-42(39)44/h14,17,22,25,34-35,38-42H,7-13,15-16,18-21,23-24,26-33H2,1-6H3/b17-14-,37-22+/t35-,38?,39?,40?,41?,42?,44+,45-/m1/s1. The van der Waals surface area contributed by atoms with Crippen LogP contribution in [0.25, 0.3) is 0 Å². The van der Waals surface area contributed by atoms with Gasteiger partial charge in [-0.05, 0) is 129 Å². The van der Waals surface area contributed by atoms with Crippen molar-refractivity contribution in [2.24, 2.45) is 46.3 Å². The van der Waals surface area contributed by atoms with Crippen molar-refractivity contribution in [3.63, 3.8) is 0 Å². The molecule has 4 rings (SSSR count). The Balaban J connectivity index is 1.13. The van der Waals surface area contributed by atoms with Crippen LogP contribution in [0, 0.1) is 56.5 Å². The molecule has 8 atom stereocenters. The molecule has 0 aromatic rings. The Morgan fingerprint density at radius 1 is 0.920 bits per heavy atom. The largest absolute Gasteiger partial charge is 0.462 e. The topological polar surface area (TPSA) is 69.4 Å². The number of nitrogens with zero attached hydrogens (tertiary/aromatic N) is 1. The monoisotopic (exact) mass is 694 g/mol. The quantitative estimate of drug-likeness (QED) is 0.0394. The molecule has 0 saturated heterocycles. The third-order valence-electron chi connectivity index (χ3n) is 14.2. The van der Waals surface area contributed by atoms with Crippen molar-refractivity contribution in [2.45, 2.75) is 195 Å². The molecule has 284 valence electrons. The fourth-order valence-corrected chi connectivity index (χ4v) is 11.3. The molecule has 5 unspecified atom stereocenters. The van der Waals surface area contributed by atoms with Crippen molar-refractivity contribution in [1.82, 2.24) is 0 Å². The second-order valence-electron chi connectivity index (χ2n) is 18.1. The number of rotatable bonds is 21. The van der Waals surface area contributed by atoms with Gasteiger partial charge in [0, 0.05) is 12.8 Å². The lowest BCUT2D eigenvalue weighted by molar-refractivity contribution is -0.427.